The molecule has 4 rings (SSSR count). The van der Waals surface area contributed by atoms with Crippen LogP contribution in [-0.4, -0.2) is 32.4 Å². The minimum Gasteiger partial charge on any atom is -0.388 e. The van der Waals surface area contributed by atoms with Crippen LogP contribution in [0.5, 0.6) is 0 Å². The lowest BCUT2D eigenvalue weighted by atomic mass is 10.1. The molecule has 0 aliphatic rings. The summed E-state index contributed by atoms with van der Waals surface area (Å²) in [6.45, 7) is -0.588. The zero-order valence-corrected chi connectivity index (χ0v) is 13.1. The van der Waals surface area contributed by atoms with E-state index in [9.17, 15) is 9.59 Å². The van der Waals surface area contributed by atoms with Gasteiger partial charge in [0.05, 0.1) is 16.4 Å². The maximum absolute atomic E-state index is 12.4. The number of fused-ring (bicyclic) bond motifs is 2. The van der Waals surface area contributed by atoms with Crippen molar-refractivity contribution in [1.29, 1.82) is 0 Å². The molecule has 2 aromatic heterocycles. The van der Waals surface area contributed by atoms with Gasteiger partial charge in [0.2, 0.25) is 0 Å². The molecule has 0 fully saturated rings. The lowest BCUT2D eigenvalue weighted by molar-refractivity contribution is 0.0904. The van der Waals surface area contributed by atoms with Crippen molar-refractivity contribution >= 4 is 27.6 Å². The van der Waals surface area contributed by atoms with Crippen LogP contribution in [0.15, 0.2) is 59.5 Å². The fraction of sp³-hybridized carbons (Fsp3) is 0.0526. The molecule has 0 spiro atoms. The minimum absolute atomic E-state index is 0.295. The van der Waals surface area contributed by atoms with Crippen molar-refractivity contribution in [3.63, 3.8) is 0 Å². The van der Waals surface area contributed by atoms with E-state index in [1.54, 1.807) is 6.20 Å². The van der Waals surface area contributed by atoms with Gasteiger partial charge in [-0.15, -0.1) is 0 Å². The number of hydrogen-bond acceptors (Lipinski definition) is 5. The van der Waals surface area contributed by atoms with Crippen molar-refractivity contribution in [2.24, 2.45) is 0 Å². The first-order valence-electron chi connectivity index (χ1n) is 7.69. The summed E-state index contributed by atoms with van der Waals surface area (Å²) in [5.41, 5.74) is 1.85. The fourth-order valence-corrected chi connectivity index (χ4v) is 2.83. The number of aromatic amines is 1. The number of H-pyrrole nitrogens is 1. The minimum atomic E-state index is -0.588. The summed E-state index contributed by atoms with van der Waals surface area (Å²) in [7, 11) is 0. The van der Waals surface area contributed by atoms with Gasteiger partial charge in [-0.1, -0.05) is 24.3 Å². The van der Waals surface area contributed by atoms with Gasteiger partial charge in [-0.25, -0.2) is 4.98 Å². The molecule has 0 aliphatic carbocycles. The number of benzene rings is 2. The maximum Gasteiger partial charge on any atom is 0.259 e. The molecule has 0 amide bonds. The summed E-state index contributed by atoms with van der Waals surface area (Å²) in [5.74, 6) is -0.0345. The van der Waals surface area contributed by atoms with E-state index in [1.165, 1.54) is 18.2 Å². The number of aliphatic hydroxyl groups is 1. The summed E-state index contributed by atoms with van der Waals surface area (Å²) in [5, 5.41) is 10.3. The van der Waals surface area contributed by atoms with E-state index >= 15 is 0 Å². The molecule has 2 aromatic carbocycles. The van der Waals surface area contributed by atoms with Crippen molar-refractivity contribution in [2.75, 3.05) is 6.61 Å². The standard InChI is InChI=1S/C19H13N3O3/c23-10-16(24)12-6-7-13-15(9-12)21-18(22-19(13)25)14-5-1-3-11-4-2-8-20-17(11)14/h1-9,23H,10H2,(H,21,22,25). The van der Waals surface area contributed by atoms with E-state index in [0.29, 0.717) is 27.9 Å². The Balaban J connectivity index is 1.98. The number of Topliss-reactive ketones (excluding diaryl/α,β-unsaturated/α-hetero) is 1. The zero-order chi connectivity index (χ0) is 17.4. The molecular weight excluding hydrogens is 318 g/mol. The Labute approximate surface area is 141 Å². The van der Waals surface area contributed by atoms with Crippen LogP contribution in [0.25, 0.3) is 33.2 Å². The molecule has 2 heterocycles. The number of ketones is 1. The Bertz CT molecular complexity index is 1180. The molecule has 25 heavy (non-hydrogen) atoms. The molecule has 0 aliphatic heterocycles. The number of carbonyl (C=O) groups excluding carboxylic acids is 1. The average Bonchev–Trinajstić information content (AvgIpc) is 2.66. The molecule has 0 saturated carbocycles. The highest BCUT2D eigenvalue weighted by atomic mass is 16.3. The van der Waals surface area contributed by atoms with Crippen molar-refractivity contribution in [3.05, 3.63) is 70.6 Å². The van der Waals surface area contributed by atoms with Gasteiger partial charge in [0, 0.05) is 22.7 Å². The van der Waals surface area contributed by atoms with Crippen LogP contribution in [0, 0.1) is 0 Å². The molecule has 122 valence electrons. The normalized spacial score (nSPS) is 11.1. The Hall–Kier alpha value is -3.38. The molecule has 0 atom stereocenters. The van der Waals surface area contributed by atoms with Crippen LogP contribution in [0.4, 0.5) is 0 Å². The van der Waals surface area contributed by atoms with E-state index in [2.05, 4.69) is 15.0 Å². The first-order valence-corrected chi connectivity index (χ1v) is 7.69. The molecule has 0 radical (unpaired) electrons. The topological polar surface area (TPSA) is 95.9 Å². The van der Waals surface area contributed by atoms with E-state index in [4.69, 9.17) is 5.11 Å². The molecule has 0 bridgehead atoms. The fourth-order valence-electron chi connectivity index (χ4n) is 2.83. The number of hydrogen-bond donors (Lipinski definition) is 2. The first-order chi connectivity index (χ1) is 12.2. The van der Waals surface area contributed by atoms with Gasteiger partial charge >= 0.3 is 0 Å². The number of aliphatic hydroxyl groups excluding tert-OH is 1. The Morgan fingerprint density at radius 2 is 1.96 bits per heavy atom. The summed E-state index contributed by atoms with van der Waals surface area (Å²) >= 11 is 0. The maximum atomic E-state index is 12.4. The monoisotopic (exact) mass is 331 g/mol. The van der Waals surface area contributed by atoms with Crippen molar-refractivity contribution in [1.82, 2.24) is 15.0 Å². The number of nitrogens with one attached hydrogen (secondary N) is 1. The third kappa shape index (κ3) is 2.58. The highest BCUT2D eigenvalue weighted by molar-refractivity contribution is 6.00. The molecule has 0 saturated heterocycles. The van der Waals surface area contributed by atoms with E-state index in [-0.39, 0.29) is 5.56 Å². The summed E-state index contributed by atoms with van der Waals surface area (Å²) in [6.07, 6.45) is 1.68. The Morgan fingerprint density at radius 3 is 2.80 bits per heavy atom. The highest BCUT2D eigenvalue weighted by Crippen LogP contribution is 2.24. The molecule has 4 aromatic rings. The van der Waals surface area contributed by atoms with Crippen molar-refractivity contribution < 1.29 is 9.90 Å². The highest BCUT2D eigenvalue weighted by Gasteiger charge is 2.12. The van der Waals surface area contributed by atoms with Crippen LogP contribution < -0.4 is 5.56 Å². The zero-order valence-electron chi connectivity index (χ0n) is 13.1. The summed E-state index contributed by atoms with van der Waals surface area (Å²) in [6, 6.07) is 14.0. The second-order valence-electron chi connectivity index (χ2n) is 5.61. The number of aromatic nitrogens is 3. The van der Waals surface area contributed by atoms with E-state index < -0.39 is 12.4 Å². The summed E-state index contributed by atoms with van der Waals surface area (Å²) < 4.78 is 0. The third-order valence-electron chi connectivity index (χ3n) is 4.06. The van der Waals surface area contributed by atoms with Gasteiger partial charge in [-0.3, -0.25) is 14.6 Å². The van der Waals surface area contributed by atoms with Gasteiger partial charge in [0.1, 0.15) is 12.4 Å². The number of nitrogens with zero attached hydrogens (tertiary/aromatic N) is 2. The molecule has 6 heteroatoms. The number of para-hydroxylation sites is 1. The van der Waals surface area contributed by atoms with Gasteiger partial charge in [0.15, 0.2) is 5.78 Å². The molecule has 6 nitrogen and oxygen atoms in total. The average molecular weight is 331 g/mol. The second kappa shape index (κ2) is 5.92. The predicted octanol–water partition coefficient (Wildman–Crippen LogP) is 2.31. The van der Waals surface area contributed by atoms with Gasteiger partial charge in [0.25, 0.3) is 5.56 Å². The lowest BCUT2D eigenvalue weighted by Gasteiger charge is -2.07. The van der Waals surface area contributed by atoms with E-state index in [1.807, 2.05) is 30.3 Å². The third-order valence-corrected chi connectivity index (χ3v) is 4.06. The Morgan fingerprint density at radius 1 is 1.12 bits per heavy atom. The molecule has 0 unspecified atom stereocenters. The van der Waals surface area contributed by atoms with Gasteiger partial charge in [-0.2, -0.15) is 0 Å². The van der Waals surface area contributed by atoms with Crippen molar-refractivity contribution in [2.45, 2.75) is 0 Å². The number of rotatable bonds is 3. The van der Waals surface area contributed by atoms with E-state index in [0.717, 1.165) is 10.9 Å². The lowest BCUT2D eigenvalue weighted by Crippen LogP contribution is -2.11. The molecule has 2 N–H and O–H groups in total. The van der Waals surface area contributed by atoms with Crippen LogP contribution in [-0.2, 0) is 0 Å². The first kappa shape index (κ1) is 15.2. The number of pyridine rings is 1. The number of carbonyl (C=O) groups is 1. The quantitative estimate of drug-likeness (QED) is 0.562. The van der Waals surface area contributed by atoms with Crippen LogP contribution in [0.3, 0.4) is 0 Å². The van der Waals surface area contributed by atoms with Crippen LogP contribution in [0.1, 0.15) is 10.4 Å². The predicted molar refractivity (Wildman–Crippen MR) is 94.5 cm³/mol. The van der Waals surface area contributed by atoms with Gasteiger partial charge in [-0.05, 0) is 24.3 Å². The van der Waals surface area contributed by atoms with Crippen LogP contribution >= 0.6 is 0 Å². The molecular formula is C19H13N3O3. The SMILES string of the molecule is O=C(CO)c1ccc2c(=O)[nH]c(-c3cccc4cccnc34)nc2c1. The Kier molecular flexibility index (Phi) is 3.59. The van der Waals surface area contributed by atoms with Crippen LogP contribution in [0.2, 0.25) is 0 Å². The van der Waals surface area contributed by atoms with Crippen molar-refractivity contribution in [3.8, 4) is 11.4 Å². The van der Waals surface area contributed by atoms with Gasteiger partial charge < -0.3 is 10.1 Å². The largest absolute Gasteiger partial charge is 0.388 e. The summed E-state index contributed by atoms with van der Waals surface area (Å²) in [4.78, 5) is 35.8. The second-order valence-corrected chi connectivity index (χ2v) is 5.61. The smallest absolute Gasteiger partial charge is 0.259 e.